The minimum atomic E-state index is -0.186. The van der Waals surface area contributed by atoms with Gasteiger partial charge < -0.3 is 10.3 Å². The summed E-state index contributed by atoms with van der Waals surface area (Å²) in [5, 5.41) is 1.23. The molecule has 0 fully saturated rings. The Hall–Kier alpha value is -2.13. The molecule has 21 heavy (non-hydrogen) atoms. The molecule has 1 aromatic heterocycles. The summed E-state index contributed by atoms with van der Waals surface area (Å²) in [4.78, 5) is 0. The predicted molar refractivity (Wildman–Crippen MR) is 84.9 cm³/mol. The lowest BCUT2D eigenvalue weighted by Crippen LogP contribution is -2.03. The van der Waals surface area contributed by atoms with Crippen LogP contribution in [0.5, 0.6) is 0 Å². The summed E-state index contributed by atoms with van der Waals surface area (Å²) in [6.45, 7) is 3.32. The Labute approximate surface area is 124 Å². The maximum absolute atomic E-state index is 13.5. The number of benzene rings is 2. The van der Waals surface area contributed by atoms with E-state index in [9.17, 15) is 4.39 Å². The van der Waals surface area contributed by atoms with Crippen molar-refractivity contribution >= 4 is 10.9 Å². The molecule has 0 aliphatic carbocycles. The molecule has 108 valence electrons. The smallest absolute Gasteiger partial charge is 0.123 e. The first kappa shape index (κ1) is 13.8. The predicted octanol–water partition coefficient (Wildman–Crippen LogP) is 3.64. The number of nitrogens with zero attached hydrogens (tertiary/aromatic N) is 1. The van der Waals surface area contributed by atoms with Crippen molar-refractivity contribution in [2.75, 3.05) is 6.54 Å². The molecule has 2 aromatic carbocycles. The van der Waals surface area contributed by atoms with Crippen molar-refractivity contribution < 1.29 is 4.39 Å². The van der Waals surface area contributed by atoms with E-state index in [1.165, 1.54) is 22.5 Å². The second-order valence-corrected chi connectivity index (χ2v) is 5.41. The van der Waals surface area contributed by atoms with Gasteiger partial charge in [0.05, 0.1) is 0 Å². The zero-order chi connectivity index (χ0) is 14.8. The van der Waals surface area contributed by atoms with Crippen LogP contribution >= 0.6 is 0 Å². The van der Waals surface area contributed by atoms with Gasteiger partial charge in [0.1, 0.15) is 5.82 Å². The van der Waals surface area contributed by atoms with Crippen LogP contribution in [0.4, 0.5) is 4.39 Å². The molecule has 3 aromatic rings. The quantitative estimate of drug-likeness (QED) is 0.778. The summed E-state index contributed by atoms with van der Waals surface area (Å²) in [5.74, 6) is -0.186. The largest absolute Gasteiger partial charge is 0.343 e. The van der Waals surface area contributed by atoms with Crippen molar-refractivity contribution in [1.29, 1.82) is 0 Å². The molecule has 3 rings (SSSR count). The van der Waals surface area contributed by atoms with E-state index in [2.05, 4.69) is 22.9 Å². The number of fused-ring (bicyclic) bond motifs is 1. The van der Waals surface area contributed by atoms with Gasteiger partial charge in [-0.2, -0.15) is 0 Å². The molecular formula is C18H19FN2. The number of halogens is 1. The van der Waals surface area contributed by atoms with Gasteiger partial charge in [-0.1, -0.05) is 24.3 Å². The summed E-state index contributed by atoms with van der Waals surface area (Å²) in [6, 6.07) is 13.2. The van der Waals surface area contributed by atoms with Gasteiger partial charge in [0.25, 0.3) is 0 Å². The lowest BCUT2D eigenvalue weighted by molar-refractivity contribution is 0.623. The van der Waals surface area contributed by atoms with Gasteiger partial charge in [0, 0.05) is 23.6 Å². The van der Waals surface area contributed by atoms with Crippen molar-refractivity contribution in [2.45, 2.75) is 19.9 Å². The minimum absolute atomic E-state index is 0.186. The van der Waals surface area contributed by atoms with Crippen LogP contribution in [0, 0.1) is 12.7 Å². The molecule has 0 spiro atoms. The first-order chi connectivity index (χ1) is 10.2. The van der Waals surface area contributed by atoms with Crippen molar-refractivity contribution in [3.8, 4) is 0 Å². The molecule has 0 atom stereocenters. The number of aryl methyl sites for hydroxylation is 1. The maximum atomic E-state index is 13.5. The van der Waals surface area contributed by atoms with Crippen LogP contribution in [0.1, 0.15) is 16.7 Å². The zero-order valence-electron chi connectivity index (χ0n) is 12.1. The van der Waals surface area contributed by atoms with Gasteiger partial charge in [-0.15, -0.1) is 0 Å². The summed E-state index contributed by atoms with van der Waals surface area (Å²) in [7, 11) is 0. The van der Waals surface area contributed by atoms with Crippen molar-refractivity contribution in [2.24, 2.45) is 5.73 Å². The first-order valence-electron chi connectivity index (χ1n) is 7.21. The second kappa shape index (κ2) is 5.70. The Morgan fingerprint density at radius 1 is 1.10 bits per heavy atom. The highest BCUT2D eigenvalue weighted by molar-refractivity contribution is 5.84. The van der Waals surface area contributed by atoms with Gasteiger partial charge in [0.15, 0.2) is 0 Å². The van der Waals surface area contributed by atoms with Crippen LogP contribution in [0.3, 0.4) is 0 Å². The van der Waals surface area contributed by atoms with E-state index < -0.39 is 0 Å². The van der Waals surface area contributed by atoms with E-state index in [1.807, 2.05) is 25.1 Å². The zero-order valence-corrected chi connectivity index (χ0v) is 12.1. The molecule has 0 saturated heterocycles. The monoisotopic (exact) mass is 282 g/mol. The van der Waals surface area contributed by atoms with E-state index in [0.717, 1.165) is 17.5 Å². The third kappa shape index (κ3) is 2.69. The summed E-state index contributed by atoms with van der Waals surface area (Å²) in [5.41, 5.74) is 10.2. The highest BCUT2D eigenvalue weighted by Gasteiger charge is 2.09. The normalized spacial score (nSPS) is 11.2. The van der Waals surface area contributed by atoms with Gasteiger partial charge >= 0.3 is 0 Å². The summed E-state index contributed by atoms with van der Waals surface area (Å²) < 4.78 is 15.6. The van der Waals surface area contributed by atoms with Crippen LogP contribution in [0.15, 0.2) is 48.7 Å². The van der Waals surface area contributed by atoms with E-state index in [1.54, 1.807) is 6.07 Å². The maximum Gasteiger partial charge on any atom is 0.123 e. The molecule has 0 radical (unpaired) electrons. The Morgan fingerprint density at radius 3 is 2.71 bits per heavy atom. The molecule has 0 bridgehead atoms. The van der Waals surface area contributed by atoms with E-state index >= 15 is 0 Å². The van der Waals surface area contributed by atoms with Crippen molar-refractivity contribution in [3.63, 3.8) is 0 Å². The van der Waals surface area contributed by atoms with Crippen molar-refractivity contribution in [3.05, 3.63) is 71.2 Å². The Bertz CT molecular complexity index is 774. The first-order valence-corrected chi connectivity index (χ1v) is 7.21. The number of hydrogen-bond acceptors (Lipinski definition) is 1. The Kier molecular flexibility index (Phi) is 3.76. The number of para-hydroxylation sites is 1. The highest BCUT2D eigenvalue weighted by atomic mass is 19.1. The highest BCUT2D eigenvalue weighted by Crippen LogP contribution is 2.23. The fourth-order valence-electron chi connectivity index (χ4n) is 2.80. The molecule has 0 aliphatic heterocycles. The lowest BCUT2D eigenvalue weighted by atomic mass is 10.1. The van der Waals surface area contributed by atoms with Crippen molar-refractivity contribution in [1.82, 2.24) is 4.57 Å². The second-order valence-electron chi connectivity index (χ2n) is 5.41. The van der Waals surface area contributed by atoms with Crippen LogP contribution < -0.4 is 5.73 Å². The molecule has 0 amide bonds. The molecule has 2 nitrogen and oxygen atoms in total. The molecule has 3 heteroatoms. The number of rotatable bonds is 4. The number of nitrogens with two attached hydrogens (primary N) is 1. The van der Waals surface area contributed by atoms with Gasteiger partial charge in [-0.05, 0) is 54.8 Å². The average molecular weight is 282 g/mol. The van der Waals surface area contributed by atoms with Crippen LogP contribution in [-0.2, 0) is 13.0 Å². The third-order valence-corrected chi connectivity index (χ3v) is 3.94. The topological polar surface area (TPSA) is 30.9 Å². The van der Waals surface area contributed by atoms with Gasteiger partial charge in [0.2, 0.25) is 0 Å². The van der Waals surface area contributed by atoms with Crippen LogP contribution in [-0.4, -0.2) is 11.1 Å². The standard InChI is InChI=1S/C18H19FN2/c1-13-6-7-16(19)10-15(13)12-21-11-14(8-9-20)17-4-2-3-5-18(17)21/h2-7,10-11H,8-9,12,20H2,1H3. The fourth-order valence-corrected chi connectivity index (χ4v) is 2.80. The van der Waals surface area contributed by atoms with E-state index in [4.69, 9.17) is 5.73 Å². The van der Waals surface area contributed by atoms with Crippen LogP contribution in [0.2, 0.25) is 0 Å². The number of aromatic nitrogens is 1. The minimum Gasteiger partial charge on any atom is -0.343 e. The average Bonchev–Trinajstić information content (AvgIpc) is 2.82. The van der Waals surface area contributed by atoms with Crippen LogP contribution in [0.25, 0.3) is 10.9 Å². The molecular weight excluding hydrogens is 263 g/mol. The molecule has 0 saturated carbocycles. The third-order valence-electron chi connectivity index (χ3n) is 3.94. The van der Waals surface area contributed by atoms with E-state index in [-0.39, 0.29) is 5.82 Å². The fraction of sp³-hybridized carbons (Fsp3) is 0.222. The van der Waals surface area contributed by atoms with E-state index in [0.29, 0.717) is 13.1 Å². The van der Waals surface area contributed by atoms with Gasteiger partial charge in [-0.25, -0.2) is 4.39 Å². The Morgan fingerprint density at radius 2 is 1.90 bits per heavy atom. The SMILES string of the molecule is Cc1ccc(F)cc1Cn1cc(CCN)c2ccccc21. The lowest BCUT2D eigenvalue weighted by Gasteiger charge is -2.09. The van der Waals surface area contributed by atoms with Gasteiger partial charge in [-0.3, -0.25) is 0 Å². The molecule has 0 unspecified atom stereocenters. The summed E-state index contributed by atoms with van der Waals surface area (Å²) >= 11 is 0. The molecule has 0 aliphatic rings. The molecule has 1 heterocycles. The summed E-state index contributed by atoms with van der Waals surface area (Å²) in [6.07, 6.45) is 3.00. The Balaban J connectivity index is 2.06. The number of hydrogen-bond donors (Lipinski definition) is 1. The molecule has 2 N–H and O–H groups in total.